The van der Waals surface area contributed by atoms with Crippen LogP contribution >= 0.6 is 12.4 Å². The zero-order valence-corrected chi connectivity index (χ0v) is 15.0. The summed E-state index contributed by atoms with van der Waals surface area (Å²) in [6.45, 7) is 4.59. The molecule has 0 amide bonds. The number of nitrogens with zero attached hydrogens (tertiary/aromatic N) is 2. The topological polar surface area (TPSA) is 96.4 Å². The van der Waals surface area contributed by atoms with Crippen molar-refractivity contribution < 1.29 is 16.8 Å². The van der Waals surface area contributed by atoms with Crippen molar-refractivity contribution in [3.8, 4) is 0 Å². The molecule has 2 heterocycles. The summed E-state index contributed by atoms with van der Waals surface area (Å²) in [5, 5.41) is 3.13. The third kappa shape index (κ3) is 4.17. The second-order valence-electron chi connectivity index (χ2n) is 5.40. The largest absolute Gasteiger partial charge is 0.309 e. The Morgan fingerprint density at radius 2 is 1.68 bits per heavy atom. The SMILES string of the molecule is CC1CN(S(=O)(=O)c2ccc(S(C)(=O)=O)nc2)CC(C)N1.Cl. The number of hydrogen-bond donors (Lipinski definition) is 1. The third-order valence-corrected chi connectivity index (χ3v) is 6.07. The Bertz CT molecular complexity index is 709. The lowest BCUT2D eigenvalue weighted by atomic mass is 10.2. The Labute approximate surface area is 137 Å². The lowest BCUT2D eigenvalue weighted by Crippen LogP contribution is -2.55. The average Bonchev–Trinajstić information content (AvgIpc) is 2.36. The second-order valence-corrected chi connectivity index (χ2v) is 9.30. The summed E-state index contributed by atoms with van der Waals surface area (Å²) in [6, 6.07) is 2.63. The predicted molar refractivity (Wildman–Crippen MR) is 85.4 cm³/mol. The first-order chi connectivity index (χ1) is 9.60. The molecule has 2 rings (SSSR count). The van der Waals surface area contributed by atoms with E-state index in [1.807, 2.05) is 13.8 Å². The molecule has 1 fully saturated rings. The summed E-state index contributed by atoms with van der Waals surface area (Å²) in [5.41, 5.74) is 0. The van der Waals surface area contributed by atoms with Crippen molar-refractivity contribution in [1.29, 1.82) is 0 Å². The Kier molecular flexibility index (Phi) is 5.96. The molecule has 0 spiro atoms. The van der Waals surface area contributed by atoms with Crippen LogP contribution in [0.15, 0.2) is 28.3 Å². The molecule has 1 aliphatic heterocycles. The number of sulfone groups is 1. The molecule has 1 aromatic heterocycles. The van der Waals surface area contributed by atoms with Gasteiger partial charge in [-0.2, -0.15) is 4.31 Å². The van der Waals surface area contributed by atoms with E-state index < -0.39 is 19.9 Å². The molecule has 1 N–H and O–H groups in total. The van der Waals surface area contributed by atoms with Gasteiger partial charge < -0.3 is 5.32 Å². The molecule has 0 radical (unpaired) electrons. The highest BCUT2D eigenvalue weighted by atomic mass is 35.5. The van der Waals surface area contributed by atoms with Gasteiger partial charge in [-0.15, -0.1) is 12.4 Å². The Balaban J connectivity index is 0.00000242. The summed E-state index contributed by atoms with van der Waals surface area (Å²) in [4.78, 5) is 3.75. The fraction of sp³-hybridized carbons (Fsp3) is 0.583. The van der Waals surface area contributed by atoms with Crippen molar-refractivity contribution in [2.45, 2.75) is 35.9 Å². The van der Waals surface area contributed by atoms with Crippen LogP contribution in [0.1, 0.15) is 13.8 Å². The number of halogens is 1. The third-order valence-electron chi connectivity index (χ3n) is 3.25. The maximum Gasteiger partial charge on any atom is 0.244 e. The Morgan fingerprint density at radius 3 is 2.09 bits per heavy atom. The molecule has 1 aliphatic rings. The van der Waals surface area contributed by atoms with Crippen LogP contribution in [0.2, 0.25) is 0 Å². The highest BCUT2D eigenvalue weighted by Gasteiger charge is 2.31. The van der Waals surface area contributed by atoms with Gasteiger partial charge in [0.1, 0.15) is 4.90 Å². The molecule has 7 nitrogen and oxygen atoms in total. The van der Waals surface area contributed by atoms with Crippen molar-refractivity contribution in [3.63, 3.8) is 0 Å². The van der Waals surface area contributed by atoms with Gasteiger partial charge in [-0.25, -0.2) is 21.8 Å². The van der Waals surface area contributed by atoms with E-state index in [-0.39, 0.29) is 34.4 Å². The van der Waals surface area contributed by atoms with Crippen molar-refractivity contribution >= 4 is 32.3 Å². The van der Waals surface area contributed by atoms with Crippen molar-refractivity contribution in [3.05, 3.63) is 18.3 Å². The Morgan fingerprint density at radius 1 is 1.14 bits per heavy atom. The van der Waals surface area contributed by atoms with Crippen LogP contribution in [-0.2, 0) is 19.9 Å². The summed E-state index contributed by atoms with van der Waals surface area (Å²) in [7, 11) is -7.09. The summed E-state index contributed by atoms with van der Waals surface area (Å²) < 4.78 is 49.2. The number of aromatic nitrogens is 1. The summed E-state index contributed by atoms with van der Waals surface area (Å²) >= 11 is 0. The smallest absolute Gasteiger partial charge is 0.244 e. The number of nitrogens with one attached hydrogen (secondary N) is 1. The minimum atomic E-state index is -3.65. The van der Waals surface area contributed by atoms with Crippen LogP contribution in [0.4, 0.5) is 0 Å². The molecule has 1 saturated heterocycles. The molecule has 22 heavy (non-hydrogen) atoms. The van der Waals surface area contributed by atoms with Crippen molar-refractivity contribution in [1.82, 2.24) is 14.6 Å². The molecule has 0 aromatic carbocycles. The molecular formula is C12H20ClN3O4S2. The molecule has 0 saturated carbocycles. The molecule has 126 valence electrons. The monoisotopic (exact) mass is 369 g/mol. The van der Waals surface area contributed by atoms with Gasteiger partial charge in [0.05, 0.1) is 0 Å². The summed E-state index contributed by atoms with van der Waals surface area (Å²) in [6.07, 6.45) is 2.13. The fourth-order valence-corrected chi connectivity index (χ4v) is 4.48. The summed E-state index contributed by atoms with van der Waals surface area (Å²) in [5.74, 6) is 0. The lowest BCUT2D eigenvalue weighted by molar-refractivity contribution is 0.263. The van der Waals surface area contributed by atoms with Crippen LogP contribution in [0.25, 0.3) is 0 Å². The average molecular weight is 370 g/mol. The van der Waals surface area contributed by atoms with Crippen LogP contribution in [0.3, 0.4) is 0 Å². The van der Waals surface area contributed by atoms with Gasteiger partial charge in [0.15, 0.2) is 14.9 Å². The maximum absolute atomic E-state index is 12.5. The number of sulfonamides is 1. The molecule has 0 aliphatic carbocycles. The van der Waals surface area contributed by atoms with E-state index in [2.05, 4.69) is 10.3 Å². The van der Waals surface area contributed by atoms with E-state index in [0.717, 1.165) is 12.5 Å². The first kappa shape index (κ1) is 19.3. The van der Waals surface area contributed by atoms with Gasteiger partial charge in [0.2, 0.25) is 10.0 Å². The molecule has 2 unspecified atom stereocenters. The quantitative estimate of drug-likeness (QED) is 0.821. The molecule has 1 aromatic rings. The van der Waals surface area contributed by atoms with Crippen LogP contribution in [0, 0.1) is 0 Å². The molecule has 2 atom stereocenters. The second kappa shape index (κ2) is 6.79. The van der Waals surface area contributed by atoms with Gasteiger partial charge in [0.25, 0.3) is 0 Å². The lowest BCUT2D eigenvalue weighted by Gasteiger charge is -2.35. The van der Waals surface area contributed by atoms with Gasteiger partial charge in [0, 0.05) is 37.6 Å². The number of piperazine rings is 1. The maximum atomic E-state index is 12.5. The van der Waals surface area contributed by atoms with E-state index in [1.54, 1.807) is 0 Å². The van der Waals surface area contributed by atoms with E-state index in [0.29, 0.717) is 13.1 Å². The molecular weight excluding hydrogens is 350 g/mol. The van der Waals surface area contributed by atoms with E-state index >= 15 is 0 Å². The number of hydrogen-bond acceptors (Lipinski definition) is 6. The minimum Gasteiger partial charge on any atom is -0.309 e. The zero-order chi connectivity index (χ0) is 15.8. The van der Waals surface area contributed by atoms with Gasteiger partial charge in [-0.1, -0.05) is 0 Å². The molecule has 0 bridgehead atoms. The van der Waals surface area contributed by atoms with Crippen LogP contribution in [0.5, 0.6) is 0 Å². The van der Waals surface area contributed by atoms with E-state index in [9.17, 15) is 16.8 Å². The van der Waals surface area contributed by atoms with E-state index in [4.69, 9.17) is 0 Å². The zero-order valence-electron chi connectivity index (χ0n) is 12.6. The first-order valence-electron chi connectivity index (χ1n) is 6.53. The highest BCUT2D eigenvalue weighted by molar-refractivity contribution is 7.90. The van der Waals surface area contributed by atoms with Crippen LogP contribution < -0.4 is 5.32 Å². The van der Waals surface area contributed by atoms with Crippen LogP contribution in [-0.4, -0.2) is 57.6 Å². The normalized spacial score (nSPS) is 23.8. The first-order valence-corrected chi connectivity index (χ1v) is 9.86. The standard InChI is InChI=1S/C12H19N3O4S2.ClH/c1-9-7-15(8-10(2)14-9)21(18,19)11-4-5-12(13-6-11)20(3,16)17;/h4-6,9-10,14H,7-8H2,1-3H3;1H. The molecule has 10 heteroatoms. The van der Waals surface area contributed by atoms with Crippen molar-refractivity contribution in [2.75, 3.05) is 19.3 Å². The van der Waals surface area contributed by atoms with Crippen molar-refractivity contribution in [2.24, 2.45) is 0 Å². The minimum absolute atomic E-state index is 0. The predicted octanol–water partition coefficient (Wildman–Crippen LogP) is 0.278. The number of rotatable bonds is 3. The van der Waals surface area contributed by atoms with Gasteiger partial charge in [-0.05, 0) is 26.0 Å². The fourth-order valence-electron chi connectivity index (χ4n) is 2.36. The van der Waals surface area contributed by atoms with Gasteiger partial charge in [-0.3, -0.25) is 0 Å². The highest BCUT2D eigenvalue weighted by Crippen LogP contribution is 2.19. The van der Waals surface area contributed by atoms with E-state index in [1.165, 1.54) is 16.4 Å². The number of pyridine rings is 1. The Hall–Kier alpha value is -0.740. The van der Waals surface area contributed by atoms with Gasteiger partial charge >= 0.3 is 0 Å².